The molecule has 5 nitrogen and oxygen atoms in total. The first kappa shape index (κ1) is 19.3. The molecular weight excluding hydrogens is 349 g/mol. The minimum absolute atomic E-state index is 0.286. The normalized spacial score (nSPS) is 15.4. The van der Waals surface area contributed by atoms with Crippen LogP contribution < -0.4 is 4.74 Å². The van der Waals surface area contributed by atoms with Crippen molar-refractivity contribution < 1.29 is 13.9 Å². The molecule has 7 heteroatoms. The molecule has 2 heterocycles. The molecule has 2 aromatic rings. The fraction of sp³-hybridized carbons (Fsp3) is 0.632. The Balaban J connectivity index is 1.79. The molecule has 0 atom stereocenters. The highest BCUT2D eigenvalue weighted by atomic mass is 28.3. The van der Waals surface area contributed by atoms with Crippen molar-refractivity contribution in [1.29, 1.82) is 0 Å². The highest BCUT2D eigenvalue weighted by molar-refractivity contribution is 6.76. The van der Waals surface area contributed by atoms with Gasteiger partial charge in [-0.3, -0.25) is 0 Å². The topological polar surface area (TPSA) is 39.5 Å². The number of likely N-dealkylation sites (tertiary alicyclic amines) is 1. The highest BCUT2D eigenvalue weighted by Crippen LogP contribution is 2.28. The van der Waals surface area contributed by atoms with Gasteiger partial charge in [0.05, 0.1) is 12.8 Å². The molecule has 144 valence electrons. The van der Waals surface area contributed by atoms with E-state index >= 15 is 0 Å². The van der Waals surface area contributed by atoms with Gasteiger partial charge in [-0.15, -0.1) is 0 Å². The second kappa shape index (κ2) is 8.06. The number of hydrogen-bond acceptors (Lipinski definition) is 4. The fourth-order valence-corrected chi connectivity index (χ4v) is 3.86. The minimum atomic E-state index is -1.14. The van der Waals surface area contributed by atoms with Gasteiger partial charge in [0.25, 0.3) is 0 Å². The number of halogens is 1. The van der Waals surface area contributed by atoms with Crippen molar-refractivity contribution in [3.63, 3.8) is 0 Å². The average molecular weight is 380 g/mol. The Hall–Kier alpha value is -1.44. The van der Waals surface area contributed by atoms with Crippen molar-refractivity contribution in [2.45, 2.75) is 45.3 Å². The quantitative estimate of drug-likeness (QED) is 0.491. The van der Waals surface area contributed by atoms with Crippen LogP contribution >= 0.6 is 0 Å². The third kappa shape index (κ3) is 4.63. The van der Waals surface area contributed by atoms with Crippen LogP contribution in [-0.2, 0) is 17.9 Å². The first-order valence-corrected chi connectivity index (χ1v) is 13.1. The van der Waals surface area contributed by atoms with Crippen LogP contribution in [-0.4, -0.2) is 56.1 Å². The summed E-state index contributed by atoms with van der Waals surface area (Å²) in [7, 11) is 0.419. The molecular formula is C19H30FN3O2Si. The van der Waals surface area contributed by atoms with E-state index in [2.05, 4.69) is 29.6 Å². The first-order valence-electron chi connectivity index (χ1n) is 9.40. The van der Waals surface area contributed by atoms with Gasteiger partial charge in [0.1, 0.15) is 18.0 Å². The maximum absolute atomic E-state index is 14.7. The summed E-state index contributed by atoms with van der Waals surface area (Å²) in [6, 6.07) is 4.39. The monoisotopic (exact) mass is 379 g/mol. The Morgan fingerprint density at radius 2 is 2.00 bits per heavy atom. The van der Waals surface area contributed by atoms with Gasteiger partial charge < -0.3 is 14.4 Å². The number of rotatable bonds is 9. The number of aromatic nitrogens is 2. The molecule has 0 unspecified atom stereocenters. The summed E-state index contributed by atoms with van der Waals surface area (Å²) >= 11 is 0. The largest absolute Gasteiger partial charge is 0.497 e. The number of methoxy groups -OCH3 is 1. The van der Waals surface area contributed by atoms with E-state index < -0.39 is 8.07 Å². The average Bonchev–Trinajstić information content (AvgIpc) is 2.87. The molecule has 1 aromatic carbocycles. The minimum Gasteiger partial charge on any atom is -0.497 e. The lowest BCUT2D eigenvalue weighted by molar-refractivity contribution is 0.0809. The number of ether oxygens (including phenoxy) is 2. The molecule has 0 spiro atoms. The molecule has 1 fully saturated rings. The van der Waals surface area contributed by atoms with Gasteiger partial charge in [0.15, 0.2) is 5.82 Å². The summed E-state index contributed by atoms with van der Waals surface area (Å²) in [5, 5.41) is 5.50. The Morgan fingerprint density at radius 1 is 1.23 bits per heavy atom. The summed E-state index contributed by atoms with van der Waals surface area (Å²) in [5.74, 6) is 0.218. The van der Waals surface area contributed by atoms with Gasteiger partial charge in [-0.05, 0) is 31.6 Å². The Labute approximate surface area is 156 Å². The number of hydrogen-bond donors (Lipinski definition) is 0. The fourth-order valence-electron chi connectivity index (χ4n) is 3.10. The van der Waals surface area contributed by atoms with Crippen LogP contribution in [0.3, 0.4) is 0 Å². The van der Waals surface area contributed by atoms with Crippen LogP contribution in [0.5, 0.6) is 5.75 Å². The van der Waals surface area contributed by atoms with Crippen molar-refractivity contribution in [3.05, 3.63) is 23.6 Å². The summed E-state index contributed by atoms with van der Waals surface area (Å²) in [6.07, 6.45) is 2.08. The molecule has 0 N–H and O–H groups in total. The highest BCUT2D eigenvalue weighted by Gasteiger charge is 2.19. The predicted molar refractivity (Wildman–Crippen MR) is 105 cm³/mol. The van der Waals surface area contributed by atoms with Crippen LogP contribution in [0.15, 0.2) is 12.1 Å². The molecule has 26 heavy (non-hydrogen) atoms. The van der Waals surface area contributed by atoms with Crippen molar-refractivity contribution in [2.24, 2.45) is 0 Å². The van der Waals surface area contributed by atoms with Gasteiger partial charge >= 0.3 is 0 Å². The lowest BCUT2D eigenvalue weighted by Gasteiger charge is -2.30. The third-order valence-electron chi connectivity index (χ3n) is 4.91. The second-order valence-electron chi connectivity index (χ2n) is 8.24. The van der Waals surface area contributed by atoms with Crippen molar-refractivity contribution in [2.75, 3.05) is 33.4 Å². The molecule has 1 aromatic heterocycles. The van der Waals surface area contributed by atoms with Crippen LogP contribution in [0.1, 0.15) is 12.1 Å². The maximum Gasteiger partial charge on any atom is 0.152 e. The van der Waals surface area contributed by atoms with Gasteiger partial charge in [0, 0.05) is 39.1 Å². The van der Waals surface area contributed by atoms with Gasteiger partial charge in [0.2, 0.25) is 0 Å². The maximum atomic E-state index is 14.7. The lowest BCUT2D eigenvalue weighted by atomic mass is 10.1. The van der Waals surface area contributed by atoms with E-state index in [1.165, 1.54) is 12.5 Å². The van der Waals surface area contributed by atoms with Gasteiger partial charge in [-0.25, -0.2) is 9.07 Å². The summed E-state index contributed by atoms with van der Waals surface area (Å²) < 4.78 is 27.4. The predicted octanol–water partition coefficient (Wildman–Crippen LogP) is 3.74. The molecule has 1 aliphatic heterocycles. The first-order chi connectivity index (χ1) is 12.4. The smallest absolute Gasteiger partial charge is 0.152 e. The Morgan fingerprint density at radius 3 is 2.62 bits per heavy atom. The summed E-state index contributed by atoms with van der Waals surface area (Å²) in [4.78, 5) is 2.39. The van der Waals surface area contributed by atoms with Crippen molar-refractivity contribution >= 4 is 19.0 Å². The zero-order chi connectivity index (χ0) is 18.7. The van der Waals surface area contributed by atoms with Gasteiger partial charge in [-0.2, -0.15) is 5.10 Å². The lowest BCUT2D eigenvalue weighted by Crippen LogP contribution is -2.38. The molecule has 0 aliphatic carbocycles. The van der Waals surface area contributed by atoms with Gasteiger partial charge in [-0.1, -0.05) is 19.6 Å². The number of fused-ring (bicyclic) bond motifs is 1. The Bertz CT molecular complexity index is 753. The summed E-state index contributed by atoms with van der Waals surface area (Å²) in [5.41, 5.74) is 1.43. The van der Waals surface area contributed by atoms with Crippen LogP contribution in [0.4, 0.5) is 4.39 Å². The molecule has 0 bridgehead atoms. The molecule has 0 saturated carbocycles. The molecule has 3 rings (SSSR count). The van der Waals surface area contributed by atoms with E-state index in [0.717, 1.165) is 43.2 Å². The SMILES string of the molecule is COc1cc(F)c2c(c1)c(CCN1CCC1)nn2COCC[Si](C)(C)C. The zero-order valence-electron chi connectivity index (χ0n) is 16.3. The van der Waals surface area contributed by atoms with E-state index in [-0.39, 0.29) is 12.5 Å². The van der Waals surface area contributed by atoms with E-state index in [9.17, 15) is 4.39 Å². The third-order valence-corrected chi connectivity index (χ3v) is 6.61. The zero-order valence-corrected chi connectivity index (χ0v) is 17.3. The second-order valence-corrected chi connectivity index (χ2v) is 13.9. The molecule has 1 aliphatic rings. The van der Waals surface area contributed by atoms with E-state index in [1.807, 2.05) is 6.07 Å². The number of nitrogens with zero attached hydrogens (tertiary/aromatic N) is 3. The van der Waals surface area contributed by atoms with Crippen molar-refractivity contribution in [3.8, 4) is 5.75 Å². The molecule has 0 amide bonds. The standard InChI is InChI=1S/C19H30FN3O2Si/c1-24-15-12-16-18(6-9-22-7-5-8-22)21-23(19(16)17(20)13-15)14-25-10-11-26(2,3)4/h12-13H,5-11,14H2,1-4H3. The van der Waals surface area contributed by atoms with Crippen LogP contribution in [0, 0.1) is 5.82 Å². The molecule has 0 radical (unpaired) electrons. The van der Waals surface area contributed by atoms with E-state index in [0.29, 0.717) is 17.9 Å². The summed E-state index contributed by atoms with van der Waals surface area (Å²) in [6.45, 7) is 11.2. The Kier molecular flexibility index (Phi) is 5.99. The molecule has 1 saturated heterocycles. The van der Waals surface area contributed by atoms with Crippen molar-refractivity contribution in [1.82, 2.24) is 14.7 Å². The van der Waals surface area contributed by atoms with Crippen LogP contribution in [0.25, 0.3) is 10.9 Å². The van der Waals surface area contributed by atoms with E-state index in [1.54, 1.807) is 11.8 Å². The number of benzene rings is 1. The van der Waals surface area contributed by atoms with Crippen LogP contribution in [0.2, 0.25) is 25.7 Å². The van der Waals surface area contributed by atoms with E-state index in [4.69, 9.17) is 9.47 Å².